The van der Waals surface area contributed by atoms with Crippen molar-refractivity contribution in [1.29, 1.82) is 0 Å². The van der Waals surface area contributed by atoms with Crippen molar-refractivity contribution in [2.24, 2.45) is 0 Å². The lowest BCUT2D eigenvalue weighted by atomic mass is 10.3. The van der Waals surface area contributed by atoms with Crippen LogP contribution in [0, 0.1) is 0 Å². The fourth-order valence-corrected chi connectivity index (χ4v) is 2.37. The lowest BCUT2D eigenvalue weighted by molar-refractivity contribution is 0.0633. The molecule has 1 aromatic carbocycles. The number of benzene rings is 1. The second-order valence-corrected chi connectivity index (χ2v) is 5.67. The lowest BCUT2D eigenvalue weighted by Crippen LogP contribution is -2.35. The number of rotatable bonds is 9. The Morgan fingerprint density at radius 1 is 1.27 bits per heavy atom. The van der Waals surface area contributed by atoms with Crippen molar-refractivity contribution < 1.29 is 14.3 Å². The summed E-state index contributed by atoms with van der Waals surface area (Å²) >= 11 is 5.83. The van der Waals surface area contributed by atoms with Crippen LogP contribution < -0.4 is 4.74 Å². The van der Waals surface area contributed by atoms with Gasteiger partial charge >= 0.3 is 0 Å². The van der Waals surface area contributed by atoms with Gasteiger partial charge in [0, 0.05) is 11.6 Å². The minimum absolute atomic E-state index is 0.250. The smallest absolute Gasteiger partial charge is 0.119 e. The highest BCUT2D eigenvalue weighted by atomic mass is 35.5. The molecule has 1 unspecified atom stereocenters. The summed E-state index contributed by atoms with van der Waals surface area (Å²) in [4.78, 5) is 2.16. The summed E-state index contributed by atoms with van der Waals surface area (Å²) in [6.07, 6.45) is 2.13. The molecule has 22 heavy (non-hydrogen) atoms. The van der Waals surface area contributed by atoms with Gasteiger partial charge in [0.2, 0.25) is 0 Å². The monoisotopic (exact) mass is 323 g/mol. The van der Waals surface area contributed by atoms with E-state index >= 15 is 0 Å². The van der Waals surface area contributed by atoms with Gasteiger partial charge in [0.15, 0.2) is 0 Å². The molecule has 120 valence electrons. The molecule has 0 fully saturated rings. The molecular weight excluding hydrogens is 302 g/mol. The Labute approximate surface area is 136 Å². The molecule has 0 bridgehead atoms. The minimum Gasteiger partial charge on any atom is -0.491 e. The third-order valence-electron chi connectivity index (χ3n) is 3.22. The van der Waals surface area contributed by atoms with Gasteiger partial charge in [-0.1, -0.05) is 18.5 Å². The number of nitrogens with zero attached hydrogens (tertiary/aromatic N) is 1. The van der Waals surface area contributed by atoms with Crippen LogP contribution in [0.4, 0.5) is 0 Å². The Kier molecular flexibility index (Phi) is 6.77. The van der Waals surface area contributed by atoms with E-state index in [9.17, 15) is 5.11 Å². The molecule has 0 aliphatic rings. The van der Waals surface area contributed by atoms with Crippen LogP contribution in [0.5, 0.6) is 5.75 Å². The van der Waals surface area contributed by atoms with E-state index in [1.54, 1.807) is 30.5 Å². The first-order valence-corrected chi connectivity index (χ1v) is 7.86. The van der Waals surface area contributed by atoms with Crippen LogP contribution in [0.1, 0.15) is 19.1 Å². The Bertz CT molecular complexity index is 527. The molecular formula is C17H22ClNO3. The van der Waals surface area contributed by atoms with E-state index in [2.05, 4.69) is 11.8 Å². The Morgan fingerprint density at radius 2 is 2.05 bits per heavy atom. The van der Waals surface area contributed by atoms with Crippen molar-refractivity contribution in [3.63, 3.8) is 0 Å². The van der Waals surface area contributed by atoms with Gasteiger partial charge in [0.1, 0.15) is 24.2 Å². The van der Waals surface area contributed by atoms with E-state index in [1.807, 2.05) is 12.1 Å². The van der Waals surface area contributed by atoms with Crippen molar-refractivity contribution in [2.45, 2.75) is 26.0 Å². The maximum absolute atomic E-state index is 10.2. The number of ether oxygens (including phenoxy) is 1. The zero-order valence-electron chi connectivity index (χ0n) is 12.7. The summed E-state index contributed by atoms with van der Waals surface area (Å²) in [6.45, 7) is 4.51. The topological polar surface area (TPSA) is 45.8 Å². The molecule has 0 aliphatic carbocycles. The first kappa shape index (κ1) is 16.9. The van der Waals surface area contributed by atoms with E-state index < -0.39 is 6.10 Å². The fraction of sp³-hybridized carbons (Fsp3) is 0.412. The zero-order chi connectivity index (χ0) is 15.8. The van der Waals surface area contributed by atoms with Gasteiger partial charge < -0.3 is 14.3 Å². The van der Waals surface area contributed by atoms with Crippen LogP contribution in [0.25, 0.3) is 0 Å². The van der Waals surface area contributed by atoms with E-state index in [-0.39, 0.29) is 6.61 Å². The van der Waals surface area contributed by atoms with E-state index in [1.165, 1.54) is 0 Å². The van der Waals surface area contributed by atoms with Crippen molar-refractivity contribution >= 4 is 11.6 Å². The molecule has 0 radical (unpaired) electrons. The molecule has 2 aromatic rings. The van der Waals surface area contributed by atoms with E-state index in [0.29, 0.717) is 23.9 Å². The van der Waals surface area contributed by atoms with Gasteiger partial charge in [0.25, 0.3) is 0 Å². The highest BCUT2D eigenvalue weighted by Crippen LogP contribution is 2.16. The molecule has 2 rings (SSSR count). The van der Waals surface area contributed by atoms with E-state index in [0.717, 1.165) is 18.7 Å². The summed E-state index contributed by atoms with van der Waals surface area (Å²) in [7, 11) is 0. The number of aliphatic hydroxyl groups excluding tert-OH is 1. The predicted molar refractivity (Wildman–Crippen MR) is 87.2 cm³/mol. The molecule has 0 spiro atoms. The van der Waals surface area contributed by atoms with Gasteiger partial charge in [-0.25, -0.2) is 0 Å². The molecule has 4 nitrogen and oxygen atoms in total. The van der Waals surface area contributed by atoms with Gasteiger partial charge in [-0.15, -0.1) is 0 Å². The number of halogens is 1. The Hall–Kier alpha value is -1.49. The second-order valence-electron chi connectivity index (χ2n) is 5.23. The number of furan rings is 1. The third-order valence-corrected chi connectivity index (χ3v) is 3.48. The highest BCUT2D eigenvalue weighted by Gasteiger charge is 2.13. The van der Waals surface area contributed by atoms with Gasteiger partial charge in [-0.2, -0.15) is 0 Å². The SMILES string of the molecule is CCCN(Cc1ccco1)CC(O)COc1ccc(Cl)cc1. The maximum Gasteiger partial charge on any atom is 0.119 e. The molecule has 0 saturated carbocycles. The third kappa shape index (κ3) is 5.72. The average Bonchev–Trinajstić information content (AvgIpc) is 3.00. The van der Waals surface area contributed by atoms with Crippen LogP contribution in [-0.4, -0.2) is 35.8 Å². The van der Waals surface area contributed by atoms with Crippen molar-refractivity contribution in [3.8, 4) is 5.75 Å². The molecule has 0 saturated heterocycles. The number of hydrogen-bond acceptors (Lipinski definition) is 4. The van der Waals surface area contributed by atoms with Gasteiger partial charge in [-0.3, -0.25) is 4.90 Å². The van der Waals surface area contributed by atoms with Crippen LogP contribution in [0.2, 0.25) is 5.02 Å². The van der Waals surface area contributed by atoms with E-state index in [4.69, 9.17) is 20.8 Å². The Morgan fingerprint density at radius 3 is 2.68 bits per heavy atom. The van der Waals surface area contributed by atoms with Gasteiger partial charge in [0.05, 0.1) is 12.8 Å². The fourth-order valence-electron chi connectivity index (χ4n) is 2.25. The normalized spacial score (nSPS) is 12.5. The van der Waals surface area contributed by atoms with Crippen molar-refractivity contribution in [2.75, 3.05) is 19.7 Å². The lowest BCUT2D eigenvalue weighted by Gasteiger charge is -2.23. The molecule has 0 amide bonds. The average molecular weight is 324 g/mol. The van der Waals surface area contributed by atoms with Crippen LogP contribution in [0.3, 0.4) is 0 Å². The summed E-state index contributed by atoms with van der Waals surface area (Å²) in [5.74, 6) is 1.61. The zero-order valence-corrected chi connectivity index (χ0v) is 13.5. The molecule has 0 aliphatic heterocycles. The molecule has 1 atom stereocenters. The first-order valence-electron chi connectivity index (χ1n) is 7.48. The summed E-state index contributed by atoms with van der Waals surface area (Å²) in [5, 5.41) is 10.8. The standard InChI is InChI=1S/C17H22ClNO3/c1-2-9-19(12-17-4-3-10-21-17)11-15(20)13-22-16-7-5-14(18)6-8-16/h3-8,10,15,20H,2,9,11-13H2,1H3. The molecule has 1 heterocycles. The highest BCUT2D eigenvalue weighted by molar-refractivity contribution is 6.30. The largest absolute Gasteiger partial charge is 0.491 e. The first-order chi connectivity index (χ1) is 10.7. The van der Waals surface area contributed by atoms with Gasteiger partial charge in [-0.05, 0) is 49.4 Å². The molecule has 5 heteroatoms. The number of aliphatic hydroxyl groups is 1. The predicted octanol–water partition coefficient (Wildman–Crippen LogP) is 3.58. The summed E-state index contributed by atoms with van der Waals surface area (Å²) in [6, 6.07) is 10.9. The summed E-state index contributed by atoms with van der Waals surface area (Å²) in [5.41, 5.74) is 0. The number of hydrogen-bond donors (Lipinski definition) is 1. The molecule has 1 N–H and O–H groups in total. The quantitative estimate of drug-likeness (QED) is 0.766. The summed E-state index contributed by atoms with van der Waals surface area (Å²) < 4.78 is 10.9. The minimum atomic E-state index is -0.558. The maximum atomic E-state index is 10.2. The van der Waals surface area contributed by atoms with Crippen molar-refractivity contribution in [1.82, 2.24) is 4.90 Å². The Balaban J connectivity index is 1.79. The van der Waals surface area contributed by atoms with Crippen LogP contribution in [-0.2, 0) is 6.54 Å². The second kappa shape index (κ2) is 8.83. The van der Waals surface area contributed by atoms with Crippen molar-refractivity contribution in [3.05, 3.63) is 53.4 Å². The van der Waals surface area contributed by atoms with Crippen LogP contribution in [0.15, 0.2) is 47.1 Å². The molecule has 1 aromatic heterocycles. The van der Waals surface area contributed by atoms with Crippen LogP contribution >= 0.6 is 11.6 Å².